The summed E-state index contributed by atoms with van der Waals surface area (Å²) in [5.74, 6) is 0. The van der Waals surface area contributed by atoms with Crippen molar-refractivity contribution in [3.8, 4) is 0 Å². The molecule has 0 spiro atoms. The zero-order valence-corrected chi connectivity index (χ0v) is 13.5. The van der Waals surface area contributed by atoms with Crippen LogP contribution in [0.3, 0.4) is 0 Å². The Labute approximate surface area is 117 Å². The minimum absolute atomic E-state index is 0.219. The van der Waals surface area contributed by atoms with Crippen LogP contribution in [0.1, 0.15) is 11.2 Å². The molecule has 1 aromatic rings. The zero-order valence-electron chi connectivity index (χ0n) is 9.99. The van der Waals surface area contributed by atoms with E-state index in [2.05, 4.69) is 0 Å². The van der Waals surface area contributed by atoms with Crippen molar-refractivity contribution in [1.29, 1.82) is 0 Å². The van der Waals surface area contributed by atoms with Gasteiger partial charge < -0.3 is 0 Å². The van der Waals surface area contributed by atoms with E-state index in [4.69, 9.17) is 9.79 Å². The molecule has 0 aliphatic heterocycles. The van der Waals surface area contributed by atoms with Gasteiger partial charge in [-0.15, -0.1) is 0 Å². The zero-order chi connectivity index (χ0) is 14.5. The summed E-state index contributed by atoms with van der Waals surface area (Å²) in [6, 6.07) is 8.49. The van der Waals surface area contributed by atoms with Gasteiger partial charge in [0.1, 0.15) is 0 Å². The van der Waals surface area contributed by atoms with Gasteiger partial charge in [-0.2, -0.15) is 0 Å². The van der Waals surface area contributed by atoms with E-state index in [0.29, 0.717) is 10.9 Å². The second-order valence-electron chi connectivity index (χ2n) is 3.98. The maximum atomic E-state index is 11.5. The topological polar surface area (TPSA) is 115 Å². The summed E-state index contributed by atoms with van der Waals surface area (Å²) >= 11 is -0.219. The van der Waals surface area contributed by atoms with Gasteiger partial charge in [0.2, 0.25) is 0 Å². The second kappa shape index (κ2) is 7.16. The van der Waals surface area contributed by atoms with Crippen molar-refractivity contribution in [1.82, 2.24) is 0 Å². The first-order chi connectivity index (χ1) is 8.70. The van der Waals surface area contributed by atoms with Crippen molar-refractivity contribution in [3.05, 3.63) is 35.9 Å². The van der Waals surface area contributed by atoms with Crippen molar-refractivity contribution < 1.29 is 28.7 Å². The Morgan fingerprint density at radius 3 is 2.11 bits per heavy atom. The van der Waals surface area contributed by atoms with Crippen LogP contribution >= 0.6 is 15.2 Å². The molecule has 108 valence electrons. The van der Waals surface area contributed by atoms with Gasteiger partial charge in [-0.3, -0.25) is 0 Å². The molecule has 0 saturated carbocycles. The van der Waals surface area contributed by atoms with Crippen LogP contribution in [-0.2, 0) is 9.13 Å². The Balaban J connectivity index is 2.63. The van der Waals surface area contributed by atoms with Crippen LogP contribution in [0, 0.1) is 0 Å². The average molecular weight is 373 g/mol. The number of hydrogen-bond donors (Lipinski definition) is 4. The third-order valence-electron chi connectivity index (χ3n) is 2.39. The number of rotatable bonds is 7. The van der Waals surface area contributed by atoms with Crippen LogP contribution in [0.2, 0.25) is 10.6 Å². The summed E-state index contributed by atoms with van der Waals surface area (Å²) in [6.07, 6.45) is -0.227. The fourth-order valence-electron chi connectivity index (χ4n) is 1.44. The molecular weight excluding hydrogens is 357 g/mol. The molecule has 0 aromatic heterocycles. The van der Waals surface area contributed by atoms with E-state index in [0.717, 1.165) is 0 Å². The normalized spacial score (nSPS) is 14.3. The minimum atomic E-state index is -4.26. The van der Waals surface area contributed by atoms with Crippen molar-refractivity contribution in [3.63, 3.8) is 0 Å². The summed E-state index contributed by atoms with van der Waals surface area (Å²) in [6.45, 7) is 0. The summed E-state index contributed by atoms with van der Waals surface area (Å²) in [4.78, 5) is 36.2. The predicted molar refractivity (Wildman–Crippen MR) is 73.5 cm³/mol. The van der Waals surface area contributed by atoms with Crippen LogP contribution in [-0.4, -0.2) is 40.7 Å². The molecule has 0 amide bonds. The second-order valence-corrected chi connectivity index (χ2v) is 9.97. The molecule has 0 radical (unpaired) electrons. The van der Waals surface area contributed by atoms with Gasteiger partial charge in [0, 0.05) is 0 Å². The summed E-state index contributed by atoms with van der Waals surface area (Å²) < 4.78 is 22.2. The van der Waals surface area contributed by atoms with E-state index in [1.165, 1.54) is 0 Å². The molecular formula is C10H16O6P2Se. The van der Waals surface area contributed by atoms with Gasteiger partial charge in [0.15, 0.2) is 0 Å². The molecule has 0 heterocycles. The van der Waals surface area contributed by atoms with E-state index in [9.17, 15) is 18.9 Å². The molecule has 0 bridgehead atoms. The maximum absolute atomic E-state index is 11.5. The van der Waals surface area contributed by atoms with E-state index < -0.39 is 20.9 Å². The Hall–Kier alpha value is 0.0395. The van der Waals surface area contributed by atoms with E-state index in [-0.39, 0.29) is 26.4 Å². The molecule has 9 heteroatoms. The van der Waals surface area contributed by atoms with E-state index in [1.807, 2.05) is 0 Å². The SMILES string of the molecule is O=P(O)(O)CC[Se]CC(c1ccccc1)P(=O)(O)O. The van der Waals surface area contributed by atoms with Crippen LogP contribution < -0.4 is 0 Å². The molecule has 0 aliphatic rings. The third-order valence-corrected chi connectivity index (χ3v) is 7.95. The monoisotopic (exact) mass is 374 g/mol. The molecule has 0 aliphatic carbocycles. The van der Waals surface area contributed by atoms with Crippen LogP contribution in [0.25, 0.3) is 0 Å². The first-order valence-electron chi connectivity index (χ1n) is 5.42. The number of benzene rings is 1. The summed E-state index contributed by atoms with van der Waals surface area (Å²) in [7, 11) is -8.27. The fourth-order valence-corrected chi connectivity index (χ4v) is 7.86. The van der Waals surface area contributed by atoms with Gasteiger partial charge in [-0.1, -0.05) is 0 Å². The molecule has 1 unspecified atom stereocenters. The molecule has 4 N–H and O–H groups in total. The predicted octanol–water partition coefficient (Wildman–Crippen LogP) is 1.62. The quantitative estimate of drug-likeness (QED) is 0.328. The standard InChI is InChI=1S/C10H16O6P2Se/c11-17(12,13)6-7-19-8-10(18(14,15)16)9-4-2-1-3-5-9/h1-5,10H,6-8H2,(H2,11,12,13)(H2,14,15,16). The first-order valence-corrected chi connectivity index (χ1v) is 11.3. The molecule has 6 nitrogen and oxygen atoms in total. The van der Waals surface area contributed by atoms with Crippen molar-refractivity contribution in [2.24, 2.45) is 0 Å². The molecule has 19 heavy (non-hydrogen) atoms. The van der Waals surface area contributed by atoms with Crippen molar-refractivity contribution in [2.45, 2.75) is 16.3 Å². The van der Waals surface area contributed by atoms with Crippen LogP contribution in [0.4, 0.5) is 0 Å². The first kappa shape index (κ1) is 17.1. The third kappa shape index (κ3) is 6.84. The van der Waals surface area contributed by atoms with E-state index >= 15 is 0 Å². The Bertz CT molecular complexity index is 482. The van der Waals surface area contributed by atoms with Gasteiger partial charge >= 0.3 is 117 Å². The van der Waals surface area contributed by atoms with Crippen LogP contribution in [0.15, 0.2) is 30.3 Å². The summed E-state index contributed by atoms with van der Waals surface area (Å²) in [5.41, 5.74) is -0.320. The van der Waals surface area contributed by atoms with Crippen LogP contribution in [0.5, 0.6) is 0 Å². The average Bonchev–Trinajstić information content (AvgIpc) is 2.26. The molecule has 0 fully saturated rings. The Morgan fingerprint density at radius 1 is 1.05 bits per heavy atom. The van der Waals surface area contributed by atoms with E-state index in [1.54, 1.807) is 30.3 Å². The van der Waals surface area contributed by atoms with Crippen molar-refractivity contribution in [2.75, 3.05) is 6.16 Å². The van der Waals surface area contributed by atoms with Gasteiger partial charge in [0.05, 0.1) is 0 Å². The van der Waals surface area contributed by atoms with Gasteiger partial charge in [-0.25, -0.2) is 0 Å². The van der Waals surface area contributed by atoms with Gasteiger partial charge in [0.25, 0.3) is 0 Å². The fraction of sp³-hybridized carbons (Fsp3) is 0.400. The summed E-state index contributed by atoms with van der Waals surface area (Å²) in [5, 5.41) is 0.571. The Kier molecular flexibility index (Phi) is 6.44. The molecule has 0 saturated heterocycles. The molecule has 1 rings (SSSR count). The molecule has 1 atom stereocenters. The van der Waals surface area contributed by atoms with Gasteiger partial charge in [-0.05, 0) is 0 Å². The number of hydrogen-bond acceptors (Lipinski definition) is 2. The molecule has 1 aromatic carbocycles. The van der Waals surface area contributed by atoms with Crippen molar-refractivity contribution >= 4 is 30.1 Å². The Morgan fingerprint density at radius 2 is 1.63 bits per heavy atom.